The predicted molar refractivity (Wildman–Crippen MR) is 104 cm³/mol. The molecular weight excluding hydrogens is 362 g/mol. The van der Waals surface area contributed by atoms with Crippen LogP contribution in [0.15, 0.2) is 83.9 Å². The van der Waals surface area contributed by atoms with Crippen LogP contribution in [-0.2, 0) is 16.4 Å². The molecule has 0 unspecified atom stereocenters. The van der Waals surface area contributed by atoms with Crippen LogP contribution < -0.4 is 10.0 Å². The van der Waals surface area contributed by atoms with E-state index in [2.05, 4.69) is 15.0 Å². The fourth-order valence-corrected chi connectivity index (χ4v) is 3.56. The summed E-state index contributed by atoms with van der Waals surface area (Å²) in [4.78, 5) is 16.7. The number of hydrogen-bond donors (Lipinski definition) is 2. The number of anilines is 1. The van der Waals surface area contributed by atoms with E-state index in [1.165, 1.54) is 18.2 Å². The molecule has 0 aliphatic carbocycles. The maximum absolute atomic E-state index is 12.4. The molecule has 1 heterocycles. The SMILES string of the molecule is O=C(NCCc1ccccn1)c1cccc(NS(=O)(=O)c2ccccc2)c1. The lowest BCUT2D eigenvalue weighted by molar-refractivity contribution is 0.0954. The molecule has 2 aromatic carbocycles. The number of sulfonamides is 1. The zero-order valence-corrected chi connectivity index (χ0v) is 15.3. The summed E-state index contributed by atoms with van der Waals surface area (Å²) in [5, 5.41) is 2.81. The predicted octanol–water partition coefficient (Wildman–Crippen LogP) is 2.85. The standard InChI is InChI=1S/C20H19N3O3S/c24-20(22-14-12-17-8-4-5-13-21-17)16-7-6-9-18(15-16)23-27(25,26)19-10-2-1-3-11-19/h1-11,13,15,23H,12,14H2,(H,22,24). The van der Waals surface area contributed by atoms with E-state index in [-0.39, 0.29) is 10.8 Å². The van der Waals surface area contributed by atoms with E-state index >= 15 is 0 Å². The maximum atomic E-state index is 12.4. The molecule has 0 bridgehead atoms. The van der Waals surface area contributed by atoms with Crippen LogP contribution in [0, 0.1) is 0 Å². The Morgan fingerprint density at radius 3 is 2.44 bits per heavy atom. The smallest absolute Gasteiger partial charge is 0.261 e. The average Bonchev–Trinajstić information content (AvgIpc) is 2.69. The first-order valence-electron chi connectivity index (χ1n) is 8.41. The first-order valence-corrected chi connectivity index (χ1v) is 9.89. The van der Waals surface area contributed by atoms with Gasteiger partial charge in [-0.3, -0.25) is 14.5 Å². The molecule has 0 fully saturated rings. The van der Waals surface area contributed by atoms with Gasteiger partial charge in [0, 0.05) is 36.1 Å². The van der Waals surface area contributed by atoms with Crippen LogP contribution in [0.4, 0.5) is 5.69 Å². The van der Waals surface area contributed by atoms with Crippen molar-refractivity contribution >= 4 is 21.6 Å². The second-order valence-electron chi connectivity index (χ2n) is 5.83. The molecule has 0 saturated heterocycles. The monoisotopic (exact) mass is 381 g/mol. The number of aromatic nitrogens is 1. The van der Waals surface area contributed by atoms with Gasteiger partial charge in [0.2, 0.25) is 0 Å². The van der Waals surface area contributed by atoms with E-state index in [1.54, 1.807) is 42.6 Å². The van der Waals surface area contributed by atoms with Gasteiger partial charge in [-0.05, 0) is 42.5 Å². The molecule has 0 aliphatic heterocycles. The molecule has 3 rings (SSSR count). The Labute approximate surface area is 158 Å². The number of rotatable bonds is 7. The van der Waals surface area contributed by atoms with Crippen LogP contribution in [0.5, 0.6) is 0 Å². The molecule has 0 spiro atoms. The van der Waals surface area contributed by atoms with Gasteiger partial charge >= 0.3 is 0 Å². The van der Waals surface area contributed by atoms with Crippen molar-refractivity contribution in [3.05, 3.63) is 90.3 Å². The van der Waals surface area contributed by atoms with Crippen molar-refractivity contribution in [3.8, 4) is 0 Å². The number of carbonyl (C=O) groups excluding carboxylic acids is 1. The van der Waals surface area contributed by atoms with Gasteiger partial charge < -0.3 is 5.32 Å². The number of nitrogens with zero attached hydrogens (tertiary/aromatic N) is 1. The number of carbonyl (C=O) groups is 1. The summed E-state index contributed by atoms with van der Waals surface area (Å²) in [5.41, 5.74) is 1.60. The highest BCUT2D eigenvalue weighted by Gasteiger charge is 2.14. The van der Waals surface area contributed by atoms with Crippen LogP contribution in [0.2, 0.25) is 0 Å². The third kappa shape index (κ3) is 5.15. The lowest BCUT2D eigenvalue weighted by atomic mass is 10.2. The summed E-state index contributed by atoms with van der Waals surface area (Å²) >= 11 is 0. The summed E-state index contributed by atoms with van der Waals surface area (Å²) < 4.78 is 27.3. The Balaban J connectivity index is 1.63. The van der Waals surface area contributed by atoms with E-state index in [0.29, 0.717) is 24.2 Å². The van der Waals surface area contributed by atoms with Gasteiger partial charge in [-0.25, -0.2) is 8.42 Å². The summed E-state index contributed by atoms with van der Waals surface area (Å²) in [6.07, 6.45) is 2.33. The minimum absolute atomic E-state index is 0.162. The summed E-state index contributed by atoms with van der Waals surface area (Å²) in [5.74, 6) is -0.272. The quantitative estimate of drug-likeness (QED) is 0.659. The first-order chi connectivity index (χ1) is 13.0. The topological polar surface area (TPSA) is 88.2 Å². The molecule has 7 heteroatoms. The highest BCUT2D eigenvalue weighted by atomic mass is 32.2. The third-order valence-electron chi connectivity index (χ3n) is 3.82. The van der Waals surface area contributed by atoms with Crippen LogP contribution in [-0.4, -0.2) is 25.9 Å². The summed E-state index contributed by atoms with van der Waals surface area (Å²) in [6, 6.07) is 20.1. The van der Waals surface area contributed by atoms with Crippen molar-refractivity contribution in [2.75, 3.05) is 11.3 Å². The van der Waals surface area contributed by atoms with Gasteiger partial charge in [-0.15, -0.1) is 0 Å². The second kappa shape index (κ2) is 8.46. The zero-order chi connectivity index (χ0) is 19.1. The molecule has 0 atom stereocenters. The number of hydrogen-bond acceptors (Lipinski definition) is 4. The summed E-state index contributed by atoms with van der Waals surface area (Å²) in [6.45, 7) is 0.440. The molecule has 3 aromatic rings. The normalized spacial score (nSPS) is 11.0. The first kappa shape index (κ1) is 18.6. The maximum Gasteiger partial charge on any atom is 0.261 e. The van der Waals surface area contributed by atoms with Gasteiger partial charge in [-0.2, -0.15) is 0 Å². The molecule has 2 N–H and O–H groups in total. The average molecular weight is 381 g/mol. The molecule has 0 aliphatic rings. The number of benzene rings is 2. The van der Waals surface area contributed by atoms with Gasteiger partial charge in [0.15, 0.2) is 0 Å². The van der Waals surface area contributed by atoms with E-state index < -0.39 is 10.0 Å². The lowest BCUT2D eigenvalue weighted by Crippen LogP contribution is -2.26. The van der Waals surface area contributed by atoms with Gasteiger partial charge in [0.25, 0.3) is 15.9 Å². The van der Waals surface area contributed by atoms with Crippen LogP contribution in [0.1, 0.15) is 16.1 Å². The largest absolute Gasteiger partial charge is 0.352 e. The van der Waals surface area contributed by atoms with Crippen molar-refractivity contribution in [1.29, 1.82) is 0 Å². The fraction of sp³-hybridized carbons (Fsp3) is 0.100. The second-order valence-corrected chi connectivity index (χ2v) is 7.51. The Hall–Kier alpha value is -3.19. The number of pyridine rings is 1. The molecule has 6 nitrogen and oxygen atoms in total. The minimum Gasteiger partial charge on any atom is -0.352 e. The Kier molecular flexibility index (Phi) is 5.83. The highest BCUT2D eigenvalue weighted by Crippen LogP contribution is 2.17. The Morgan fingerprint density at radius 1 is 0.926 bits per heavy atom. The Morgan fingerprint density at radius 2 is 1.70 bits per heavy atom. The van der Waals surface area contributed by atoms with Crippen molar-refractivity contribution in [3.63, 3.8) is 0 Å². The molecule has 1 amide bonds. The minimum atomic E-state index is -3.70. The van der Waals surface area contributed by atoms with Crippen molar-refractivity contribution < 1.29 is 13.2 Å². The fourth-order valence-electron chi connectivity index (χ4n) is 2.49. The van der Waals surface area contributed by atoms with Crippen molar-refractivity contribution in [2.45, 2.75) is 11.3 Å². The lowest BCUT2D eigenvalue weighted by Gasteiger charge is -2.10. The van der Waals surface area contributed by atoms with E-state index in [4.69, 9.17) is 0 Å². The van der Waals surface area contributed by atoms with Gasteiger partial charge in [0.1, 0.15) is 0 Å². The van der Waals surface area contributed by atoms with Crippen LogP contribution in [0.25, 0.3) is 0 Å². The van der Waals surface area contributed by atoms with Crippen LogP contribution in [0.3, 0.4) is 0 Å². The number of nitrogens with one attached hydrogen (secondary N) is 2. The molecule has 27 heavy (non-hydrogen) atoms. The van der Waals surface area contributed by atoms with Crippen molar-refractivity contribution in [2.24, 2.45) is 0 Å². The molecule has 138 valence electrons. The Bertz CT molecular complexity index is 1010. The van der Waals surface area contributed by atoms with E-state index in [0.717, 1.165) is 5.69 Å². The molecule has 1 aromatic heterocycles. The third-order valence-corrected chi connectivity index (χ3v) is 5.22. The molecule has 0 saturated carbocycles. The zero-order valence-electron chi connectivity index (χ0n) is 14.5. The van der Waals surface area contributed by atoms with E-state index in [9.17, 15) is 13.2 Å². The van der Waals surface area contributed by atoms with Gasteiger partial charge in [-0.1, -0.05) is 30.3 Å². The van der Waals surface area contributed by atoms with E-state index in [1.807, 2.05) is 18.2 Å². The molecule has 0 radical (unpaired) electrons. The number of amides is 1. The van der Waals surface area contributed by atoms with Crippen molar-refractivity contribution in [1.82, 2.24) is 10.3 Å². The van der Waals surface area contributed by atoms with Gasteiger partial charge in [0.05, 0.1) is 4.90 Å². The van der Waals surface area contributed by atoms with Crippen LogP contribution >= 0.6 is 0 Å². The molecular formula is C20H19N3O3S. The summed E-state index contributed by atoms with van der Waals surface area (Å²) in [7, 11) is -3.70. The highest BCUT2D eigenvalue weighted by molar-refractivity contribution is 7.92.